The number of fused-ring (bicyclic) bond motifs is 5. The molecule has 28 heavy (non-hydrogen) atoms. The number of aliphatic hydroxyl groups is 1. The van der Waals surface area contributed by atoms with Crippen LogP contribution in [0, 0.1) is 40.4 Å². The summed E-state index contributed by atoms with van der Waals surface area (Å²) in [4.78, 5) is 0. The van der Waals surface area contributed by atoms with Gasteiger partial charge in [0.2, 0.25) is 0 Å². The number of aliphatic hydroxyl groups excluding tert-OH is 1. The summed E-state index contributed by atoms with van der Waals surface area (Å²) in [6.07, 6.45) is 14.2. The second-order valence-corrected chi connectivity index (χ2v) is 11.6. The molecule has 1 N–H and O–H groups in total. The summed E-state index contributed by atoms with van der Waals surface area (Å²) in [5.74, 6) is 4.30. The van der Waals surface area contributed by atoms with Gasteiger partial charge in [-0.1, -0.05) is 32.4 Å². The largest absolute Gasteiger partial charge is 0.393 e. The second kappa shape index (κ2) is 7.73. The molecule has 3 saturated carbocycles. The highest BCUT2D eigenvalue weighted by Crippen LogP contribution is 2.67. The molecule has 0 saturated heterocycles. The first-order valence-electron chi connectivity index (χ1n) is 12.2. The summed E-state index contributed by atoms with van der Waals surface area (Å²) in [5.41, 5.74) is 2.51. The highest BCUT2D eigenvalue weighted by Gasteiger charge is 2.59. The number of allylic oxidation sites excluding steroid dienone is 1. The van der Waals surface area contributed by atoms with E-state index in [1.165, 1.54) is 44.9 Å². The maximum absolute atomic E-state index is 10.2. The zero-order valence-electron chi connectivity index (χ0n) is 19.0. The van der Waals surface area contributed by atoms with Crippen LogP contribution in [0.1, 0.15) is 92.4 Å². The summed E-state index contributed by atoms with van der Waals surface area (Å²) in [6.45, 7) is 12.9. The third-order valence-electron chi connectivity index (χ3n) is 9.86. The van der Waals surface area contributed by atoms with Crippen LogP contribution < -0.4 is 0 Å². The van der Waals surface area contributed by atoms with Gasteiger partial charge in [-0.25, -0.2) is 0 Å². The van der Waals surface area contributed by atoms with Gasteiger partial charge >= 0.3 is 0 Å². The topological polar surface area (TPSA) is 29.5 Å². The standard InChI is InChI=1S/C26H44O2/c1-17(2)28-15-12-18(3)22-8-9-23-21-7-6-19-16-20(27)10-13-25(19,4)24(21)11-14-26(22,23)5/h6,17-18,20-24,27H,7-16H2,1-5H3/t18?,20-,21-,22+,23-,24-,25-,26+/m0/s1. The summed E-state index contributed by atoms with van der Waals surface area (Å²) in [5, 5.41) is 10.2. The zero-order chi connectivity index (χ0) is 20.1. The van der Waals surface area contributed by atoms with Crippen LogP contribution in [0.15, 0.2) is 11.6 Å². The van der Waals surface area contributed by atoms with Gasteiger partial charge in [0.05, 0.1) is 12.2 Å². The van der Waals surface area contributed by atoms with Crippen molar-refractivity contribution >= 4 is 0 Å². The molecule has 4 rings (SSSR count). The number of hydrogen-bond acceptors (Lipinski definition) is 2. The second-order valence-electron chi connectivity index (χ2n) is 11.6. The number of hydrogen-bond donors (Lipinski definition) is 1. The van der Waals surface area contributed by atoms with Crippen LogP contribution in [0.3, 0.4) is 0 Å². The van der Waals surface area contributed by atoms with Gasteiger partial charge in [-0.2, -0.15) is 0 Å². The van der Waals surface area contributed by atoms with Crippen LogP contribution in [-0.4, -0.2) is 23.9 Å². The average molecular weight is 389 g/mol. The van der Waals surface area contributed by atoms with Gasteiger partial charge in [0.25, 0.3) is 0 Å². The lowest BCUT2D eigenvalue weighted by Crippen LogP contribution is -2.50. The van der Waals surface area contributed by atoms with Crippen molar-refractivity contribution in [3.63, 3.8) is 0 Å². The van der Waals surface area contributed by atoms with E-state index >= 15 is 0 Å². The van der Waals surface area contributed by atoms with E-state index in [0.29, 0.717) is 16.9 Å². The molecule has 0 spiro atoms. The first-order valence-corrected chi connectivity index (χ1v) is 12.2. The van der Waals surface area contributed by atoms with E-state index in [-0.39, 0.29) is 6.10 Å². The van der Waals surface area contributed by atoms with Crippen molar-refractivity contribution in [2.45, 2.75) is 105 Å². The van der Waals surface area contributed by atoms with Gasteiger partial charge in [-0.3, -0.25) is 0 Å². The van der Waals surface area contributed by atoms with Gasteiger partial charge in [0.1, 0.15) is 0 Å². The molecule has 8 atom stereocenters. The van der Waals surface area contributed by atoms with Gasteiger partial charge in [0.15, 0.2) is 0 Å². The highest BCUT2D eigenvalue weighted by atomic mass is 16.5. The molecular weight excluding hydrogens is 344 g/mol. The fourth-order valence-electron chi connectivity index (χ4n) is 8.31. The molecule has 0 radical (unpaired) electrons. The number of rotatable bonds is 5. The smallest absolute Gasteiger partial charge is 0.0577 e. The lowest BCUT2D eigenvalue weighted by molar-refractivity contribution is -0.0590. The van der Waals surface area contributed by atoms with E-state index in [1.807, 2.05) is 0 Å². The molecule has 0 amide bonds. The Balaban J connectivity index is 1.49. The molecule has 0 heterocycles. The Morgan fingerprint density at radius 1 is 1.07 bits per heavy atom. The Labute approximate surface area is 173 Å². The Bertz CT molecular complexity index is 595. The Morgan fingerprint density at radius 3 is 2.61 bits per heavy atom. The maximum atomic E-state index is 10.2. The maximum Gasteiger partial charge on any atom is 0.0577 e. The van der Waals surface area contributed by atoms with E-state index in [2.05, 4.69) is 40.7 Å². The van der Waals surface area contributed by atoms with Crippen molar-refractivity contribution in [1.82, 2.24) is 0 Å². The summed E-state index contributed by atoms with van der Waals surface area (Å²) in [6, 6.07) is 0. The van der Waals surface area contributed by atoms with Crippen molar-refractivity contribution in [3.8, 4) is 0 Å². The average Bonchev–Trinajstić information content (AvgIpc) is 2.99. The summed E-state index contributed by atoms with van der Waals surface area (Å²) < 4.78 is 5.88. The van der Waals surface area contributed by atoms with Crippen LogP contribution in [0.5, 0.6) is 0 Å². The first-order chi connectivity index (χ1) is 13.3. The predicted octanol–water partition coefficient (Wildman–Crippen LogP) is 6.38. The van der Waals surface area contributed by atoms with Gasteiger partial charge in [0, 0.05) is 6.61 Å². The minimum Gasteiger partial charge on any atom is -0.393 e. The summed E-state index contributed by atoms with van der Waals surface area (Å²) >= 11 is 0. The Kier molecular flexibility index (Phi) is 5.77. The van der Waals surface area contributed by atoms with E-state index in [0.717, 1.165) is 49.0 Å². The van der Waals surface area contributed by atoms with Crippen molar-refractivity contribution in [1.29, 1.82) is 0 Å². The van der Waals surface area contributed by atoms with E-state index in [4.69, 9.17) is 4.74 Å². The van der Waals surface area contributed by atoms with Crippen molar-refractivity contribution < 1.29 is 9.84 Å². The minimum absolute atomic E-state index is 0.0884. The molecule has 4 aliphatic carbocycles. The van der Waals surface area contributed by atoms with Gasteiger partial charge in [-0.05, 0) is 112 Å². The zero-order valence-corrected chi connectivity index (χ0v) is 19.0. The number of ether oxygens (including phenoxy) is 1. The Morgan fingerprint density at radius 2 is 1.86 bits per heavy atom. The normalized spacial score (nSPS) is 46.5. The molecular formula is C26H44O2. The summed E-state index contributed by atoms with van der Waals surface area (Å²) in [7, 11) is 0. The third kappa shape index (κ3) is 3.41. The fraction of sp³-hybridized carbons (Fsp3) is 0.923. The molecule has 2 nitrogen and oxygen atoms in total. The Hall–Kier alpha value is -0.340. The molecule has 0 aromatic rings. The molecule has 0 aromatic carbocycles. The van der Waals surface area contributed by atoms with Gasteiger partial charge in [-0.15, -0.1) is 0 Å². The molecule has 3 fully saturated rings. The van der Waals surface area contributed by atoms with E-state index in [9.17, 15) is 5.11 Å². The molecule has 0 aliphatic heterocycles. The lowest BCUT2D eigenvalue weighted by Gasteiger charge is -2.58. The fourth-order valence-corrected chi connectivity index (χ4v) is 8.31. The molecule has 0 bridgehead atoms. The molecule has 0 aromatic heterocycles. The molecule has 1 unspecified atom stereocenters. The van der Waals surface area contributed by atoms with Crippen molar-refractivity contribution in [2.75, 3.05) is 6.61 Å². The van der Waals surface area contributed by atoms with Crippen LogP contribution in [0.4, 0.5) is 0 Å². The highest BCUT2D eigenvalue weighted by molar-refractivity contribution is 5.25. The molecule has 2 heteroatoms. The molecule has 4 aliphatic rings. The third-order valence-corrected chi connectivity index (χ3v) is 9.86. The predicted molar refractivity (Wildman–Crippen MR) is 116 cm³/mol. The van der Waals surface area contributed by atoms with E-state index < -0.39 is 0 Å². The SMILES string of the molecule is CC(C)OCCC(C)[C@H]1CC[C@H]2[C@@H]3CC=C4C[C@@H](O)CC[C@]4(C)[C@H]3CC[C@]12C. The quantitative estimate of drug-likeness (QED) is 0.554. The van der Waals surface area contributed by atoms with Crippen LogP contribution in [0.2, 0.25) is 0 Å². The lowest BCUT2D eigenvalue weighted by atomic mass is 9.47. The minimum atomic E-state index is -0.0884. The van der Waals surface area contributed by atoms with Crippen molar-refractivity contribution in [2.24, 2.45) is 40.4 Å². The first kappa shape index (κ1) is 20.9. The van der Waals surface area contributed by atoms with Gasteiger partial charge < -0.3 is 9.84 Å². The van der Waals surface area contributed by atoms with Crippen LogP contribution in [0.25, 0.3) is 0 Å². The molecule has 160 valence electrons. The monoisotopic (exact) mass is 388 g/mol. The van der Waals surface area contributed by atoms with E-state index in [1.54, 1.807) is 5.57 Å². The van der Waals surface area contributed by atoms with Crippen LogP contribution >= 0.6 is 0 Å². The van der Waals surface area contributed by atoms with Crippen molar-refractivity contribution in [3.05, 3.63) is 11.6 Å². The van der Waals surface area contributed by atoms with Crippen LogP contribution in [-0.2, 0) is 4.74 Å².